The zero-order valence-corrected chi connectivity index (χ0v) is 11.8. The van der Waals surface area contributed by atoms with Crippen molar-refractivity contribution < 1.29 is 0 Å². The largest absolute Gasteiger partial charge is 0.376 e. The zero-order valence-electron chi connectivity index (χ0n) is 11.8. The summed E-state index contributed by atoms with van der Waals surface area (Å²) in [5.41, 5.74) is 1.23. The van der Waals surface area contributed by atoms with E-state index in [0.29, 0.717) is 6.04 Å². The molecule has 0 aliphatic heterocycles. The molecule has 0 saturated carbocycles. The quantitative estimate of drug-likeness (QED) is 0.434. The van der Waals surface area contributed by atoms with Crippen LogP contribution in [0.4, 0.5) is 5.69 Å². The maximum Gasteiger partial charge on any atom is 0.0827 e. The number of rotatable bonds is 8. The van der Waals surface area contributed by atoms with Crippen molar-refractivity contribution in [3.63, 3.8) is 0 Å². The van der Waals surface area contributed by atoms with Crippen molar-refractivity contribution >= 4 is 12.0 Å². The van der Waals surface area contributed by atoms with Crippen LogP contribution in [-0.4, -0.2) is 32.5 Å². The summed E-state index contributed by atoms with van der Waals surface area (Å²) in [6.07, 6.45) is 4.26. The minimum atomic E-state index is 0.296. The first kappa shape index (κ1) is 14.6. The number of nitrogens with one attached hydrogen (secondary N) is 1. The third kappa shape index (κ3) is 5.71. The lowest BCUT2D eigenvalue weighted by Crippen LogP contribution is -2.27. The average molecular weight is 247 g/mol. The van der Waals surface area contributed by atoms with Gasteiger partial charge in [-0.3, -0.25) is 4.99 Å². The SMILES string of the molecule is CCCCN/C=N/C(C)CN(C)c1ccccc1. The average Bonchev–Trinajstić information content (AvgIpc) is 2.39. The highest BCUT2D eigenvalue weighted by Crippen LogP contribution is 2.11. The van der Waals surface area contributed by atoms with Gasteiger partial charge in [-0.2, -0.15) is 0 Å². The molecule has 0 saturated heterocycles. The van der Waals surface area contributed by atoms with Crippen LogP contribution in [0.1, 0.15) is 26.7 Å². The molecular formula is C15H25N3. The maximum atomic E-state index is 4.48. The number of likely N-dealkylation sites (N-methyl/N-ethyl adjacent to an activating group) is 1. The van der Waals surface area contributed by atoms with E-state index in [1.807, 2.05) is 12.4 Å². The van der Waals surface area contributed by atoms with E-state index in [0.717, 1.165) is 13.1 Å². The van der Waals surface area contributed by atoms with Crippen molar-refractivity contribution in [2.75, 3.05) is 25.0 Å². The molecule has 0 bridgehead atoms. The third-order valence-electron chi connectivity index (χ3n) is 2.83. The number of hydrogen-bond acceptors (Lipinski definition) is 2. The van der Waals surface area contributed by atoms with E-state index in [2.05, 4.69) is 60.4 Å². The van der Waals surface area contributed by atoms with Gasteiger partial charge < -0.3 is 10.2 Å². The number of aliphatic imine (C=N–C) groups is 1. The Labute approximate surface area is 111 Å². The first-order valence-electron chi connectivity index (χ1n) is 6.75. The van der Waals surface area contributed by atoms with E-state index in [4.69, 9.17) is 0 Å². The Morgan fingerprint density at radius 2 is 2.06 bits per heavy atom. The highest BCUT2D eigenvalue weighted by atomic mass is 15.1. The zero-order chi connectivity index (χ0) is 13.2. The Balaban J connectivity index is 2.29. The number of nitrogens with zero attached hydrogens (tertiary/aromatic N) is 2. The first-order chi connectivity index (χ1) is 8.74. The molecule has 1 atom stereocenters. The van der Waals surface area contributed by atoms with Crippen LogP contribution >= 0.6 is 0 Å². The lowest BCUT2D eigenvalue weighted by Gasteiger charge is -2.21. The molecule has 0 fully saturated rings. The van der Waals surface area contributed by atoms with Gasteiger partial charge in [-0.05, 0) is 25.5 Å². The van der Waals surface area contributed by atoms with E-state index < -0.39 is 0 Å². The van der Waals surface area contributed by atoms with Crippen molar-refractivity contribution in [1.82, 2.24) is 5.32 Å². The predicted octanol–water partition coefficient (Wildman–Crippen LogP) is 2.93. The fourth-order valence-electron chi connectivity index (χ4n) is 1.75. The van der Waals surface area contributed by atoms with Gasteiger partial charge >= 0.3 is 0 Å². The Kier molecular flexibility index (Phi) is 6.92. The summed E-state index contributed by atoms with van der Waals surface area (Å²) < 4.78 is 0. The standard InChI is InChI=1S/C15H25N3/c1-4-5-11-16-13-17-14(2)12-18(3)15-9-7-6-8-10-15/h6-10,13-14H,4-5,11-12H2,1-3H3,(H,16,17). The number of unbranched alkanes of at least 4 members (excludes halogenated alkanes) is 1. The summed E-state index contributed by atoms with van der Waals surface area (Å²) in [6.45, 7) is 6.27. The van der Waals surface area contributed by atoms with Gasteiger partial charge in [0.1, 0.15) is 0 Å². The van der Waals surface area contributed by atoms with Gasteiger partial charge in [-0.25, -0.2) is 0 Å². The monoisotopic (exact) mass is 247 g/mol. The fraction of sp³-hybridized carbons (Fsp3) is 0.533. The van der Waals surface area contributed by atoms with Gasteiger partial charge in [0, 0.05) is 25.8 Å². The van der Waals surface area contributed by atoms with Crippen LogP contribution < -0.4 is 10.2 Å². The number of anilines is 1. The van der Waals surface area contributed by atoms with Crippen molar-refractivity contribution in [3.8, 4) is 0 Å². The van der Waals surface area contributed by atoms with Crippen molar-refractivity contribution in [2.45, 2.75) is 32.7 Å². The molecule has 0 aliphatic carbocycles. The third-order valence-corrected chi connectivity index (χ3v) is 2.83. The van der Waals surface area contributed by atoms with Crippen molar-refractivity contribution in [2.24, 2.45) is 4.99 Å². The second-order valence-electron chi connectivity index (χ2n) is 4.65. The van der Waals surface area contributed by atoms with E-state index >= 15 is 0 Å². The van der Waals surface area contributed by atoms with E-state index in [-0.39, 0.29) is 0 Å². The molecule has 3 nitrogen and oxygen atoms in total. The van der Waals surface area contributed by atoms with E-state index in [1.54, 1.807) is 0 Å². The molecular weight excluding hydrogens is 222 g/mol. The molecule has 1 N–H and O–H groups in total. The lowest BCUT2D eigenvalue weighted by atomic mass is 10.2. The van der Waals surface area contributed by atoms with Gasteiger partial charge in [0.05, 0.1) is 12.4 Å². The smallest absolute Gasteiger partial charge is 0.0827 e. The van der Waals surface area contributed by atoms with Gasteiger partial charge in [-0.1, -0.05) is 31.5 Å². The molecule has 0 radical (unpaired) electrons. The Bertz CT molecular complexity index is 335. The minimum absolute atomic E-state index is 0.296. The highest BCUT2D eigenvalue weighted by Gasteiger charge is 2.04. The molecule has 1 rings (SSSR count). The summed E-state index contributed by atoms with van der Waals surface area (Å²) in [5.74, 6) is 0. The predicted molar refractivity (Wildman–Crippen MR) is 80.6 cm³/mol. The van der Waals surface area contributed by atoms with Crippen LogP contribution in [-0.2, 0) is 0 Å². The molecule has 1 aromatic carbocycles. The lowest BCUT2D eigenvalue weighted by molar-refractivity contribution is 0.710. The summed E-state index contributed by atoms with van der Waals surface area (Å²) >= 11 is 0. The van der Waals surface area contributed by atoms with Gasteiger partial charge in [-0.15, -0.1) is 0 Å². The molecule has 1 unspecified atom stereocenters. The summed E-state index contributed by atoms with van der Waals surface area (Å²) in [5, 5.41) is 3.22. The number of para-hydroxylation sites is 1. The van der Waals surface area contributed by atoms with Crippen molar-refractivity contribution in [1.29, 1.82) is 0 Å². The van der Waals surface area contributed by atoms with Gasteiger partial charge in [0.15, 0.2) is 0 Å². The molecule has 0 heterocycles. The Morgan fingerprint density at radius 3 is 2.72 bits per heavy atom. The number of hydrogen-bond donors (Lipinski definition) is 1. The first-order valence-corrected chi connectivity index (χ1v) is 6.75. The van der Waals surface area contributed by atoms with E-state index in [9.17, 15) is 0 Å². The molecule has 0 amide bonds. The molecule has 3 heteroatoms. The van der Waals surface area contributed by atoms with E-state index in [1.165, 1.54) is 18.5 Å². The van der Waals surface area contributed by atoms with Crippen LogP contribution in [0, 0.1) is 0 Å². The topological polar surface area (TPSA) is 27.6 Å². The van der Waals surface area contributed by atoms with Crippen molar-refractivity contribution in [3.05, 3.63) is 30.3 Å². The van der Waals surface area contributed by atoms with Gasteiger partial charge in [0.25, 0.3) is 0 Å². The van der Waals surface area contributed by atoms with Crippen LogP contribution in [0.15, 0.2) is 35.3 Å². The van der Waals surface area contributed by atoms with Crippen LogP contribution in [0.5, 0.6) is 0 Å². The molecule has 1 aromatic rings. The summed E-state index contributed by atoms with van der Waals surface area (Å²) in [7, 11) is 2.10. The molecule has 0 spiro atoms. The van der Waals surface area contributed by atoms with Crippen LogP contribution in [0.25, 0.3) is 0 Å². The fourth-order valence-corrected chi connectivity index (χ4v) is 1.75. The highest BCUT2D eigenvalue weighted by molar-refractivity contribution is 5.54. The molecule has 0 aliphatic rings. The normalized spacial score (nSPS) is 12.6. The second kappa shape index (κ2) is 8.56. The second-order valence-corrected chi connectivity index (χ2v) is 4.65. The van der Waals surface area contributed by atoms with Gasteiger partial charge in [0.2, 0.25) is 0 Å². The molecule has 0 aromatic heterocycles. The maximum absolute atomic E-state index is 4.48. The molecule has 100 valence electrons. The Hall–Kier alpha value is -1.51. The summed E-state index contributed by atoms with van der Waals surface area (Å²) in [4.78, 5) is 6.71. The minimum Gasteiger partial charge on any atom is -0.376 e. The molecule has 18 heavy (non-hydrogen) atoms. The Morgan fingerprint density at radius 1 is 1.33 bits per heavy atom. The van der Waals surface area contributed by atoms with Crippen LogP contribution in [0.2, 0.25) is 0 Å². The summed E-state index contributed by atoms with van der Waals surface area (Å²) in [6, 6.07) is 10.7. The van der Waals surface area contributed by atoms with Crippen LogP contribution in [0.3, 0.4) is 0 Å². The number of benzene rings is 1.